The van der Waals surface area contributed by atoms with Crippen LogP contribution in [0, 0.1) is 0 Å². The second-order valence-corrected chi connectivity index (χ2v) is 6.56. The van der Waals surface area contributed by atoms with Gasteiger partial charge in [0, 0.05) is 23.8 Å². The number of anilines is 1. The van der Waals surface area contributed by atoms with Crippen LogP contribution in [0.25, 0.3) is 0 Å². The van der Waals surface area contributed by atoms with E-state index < -0.39 is 5.97 Å². The lowest BCUT2D eigenvalue weighted by atomic mass is 10.2. The number of rotatable bonds is 7. The number of ether oxygens (including phenoxy) is 1. The number of nitrogens with one attached hydrogen (secondary N) is 1. The van der Waals surface area contributed by atoms with Crippen LogP contribution in [0.1, 0.15) is 0 Å². The fourth-order valence-electron chi connectivity index (χ4n) is 2.58. The molecule has 0 aliphatic carbocycles. The Bertz CT molecular complexity index is 873. The number of hydrogen-bond acceptors (Lipinski definition) is 8. The Labute approximate surface area is 160 Å². The summed E-state index contributed by atoms with van der Waals surface area (Å²) in [7, 11) is 1.27. The monoisotopic (exact) mass is 386 g/mol. The predicted molar refractivity (Wildman–Crippen MR) is 98.9 cm³/mol. The molecule has 1 amide bonds. The number of benzene rings is 1. The van der Waals surface area contributed by atoms with Crippen molar-refractivity contribution in [2.24, 2.45) is 0 Å². The molecule has 2 aromatic rings. The molecule has 0 unspecified atom stereocenters. The first-order valence-corrected chi connectivity index (χ1v) is 8.98. The van der Waals surface area contributed by atoms with Gasteiger partial charge in [0.15, 0.2) is 5.16 Å². The average Bonchev–Trinajstić information content (AvgIpc) is 3.00. The Morgan fingerprint density at radius 2 is 2.04 bits per heavy atom. The average molecular weight is 386 g/mol. The number of hydrogen-bond donors (Lipinski definition) is 2. The molecule has 27 heavy (non-hydrogen) atoms. The Balaban J connectivity index is 1.90. The van der Waals surface area contributed by atoms with Gasteiger partial charge in [0.05, 0.1) is 31.5 Å². The van der Waals surface area contributed by atoms with Crippen molar-refractivity contribution in [3.63, 3.8) is 0 Å². The number of methoxy groups -OCH3 is 1. The Kier molecular flexibility index (Phi) is 6.05. The molecule has 1 aromatic carbocycles. The molecule has 0 spiro atoms. The third-order valence-electron chi connectivity index (χ3n) is 3.84. The molecule has 9 heteroatoms. The van der Waals surface area contributed by atoms with Crippen molar-refractivity contribution in [1.29, 1.82) is 0 Å². The van der Waals surface area contributed by atoms with E-state index in [4.69, 9.17) is 9.84 Å². The van der Waals surface area contributed by atoms with Gasteiger partial charge in [-0.25, -0.2) is 14.8 Å². The maximum atomic E-state index is 12.7. The smallest absolute Gasteiger partial charge is 0.337 e. The Morgan fingerprint density at radius 1 is 1.30 bits per heavy atom. The molecule has 2 N–H and O–H groups in total. The Morgan fingerprint density at radius 3 is 2.74 bits per heavy atom. The van der Waals surface area contributed by atoms with E-state index in [0.29, 0.717) is 10.8 Å². The van der Waals surface area contributed by atoms with Crippen molar-refractivity contribution < 1.29 is 19.4 Å². The molecule has 8 nitrogen and oxygen atoms in total. The molecule has 0 radical (unpaired) electrons. The highest BCUT2D eigenvalue weighted by Crippen LogP contribution is 2.33. The van der Waals surface area contributed by atoms with Crippen LogP contribution >= 0.6 is 11.8 Å². The lowest BCUT2D eigenvalue weighted by molar-refractivity contribution is -0.136. The maximum absolute atomic E-state index is 12.7. The van der Waals surface area contributed by atoms with Gasteiger partial charge in [-0.15, -0.1) is 0 Å². The highest BCUT2D eigenvalue weighted by atomic mass is 32.2. The van der Waals surface area contributed by atoms with E-state index in [-0.39, 0.29) is 36.9 Å². The van der Waals surface area contributed by atoms with Crippen molar-refractivity contribution in [3.8, 4) is 0 Å². The molecule has 140 valence electrons. The van der Waals surface area contributed by atoms with E-state index >= 15 is 0 Å². The quantitative estimate of drug-likeness (QED) is 0.542. The second-order valence-electron chi connectivity index (χ2n) is 5.55. The van der Waals surface area contributed by atoms with Gasteiger partial charge in [-0.2, -0.15) is 0 Å². The largest absolute Gasteiger partial charge is 0.466 e. The topological polar surface area (TPSA) is 105 Å². The molecule has 2 heterocycles. The molecule has 0 fully saturated rings. The van der Waals surface area contributed by atoms with Gasteiger partial charge in [-0.1, -0.05) is 12.1 Å². The zero-order valence-electron chi connectivity index (χ0n) is 14.6. The maximum Gasteiger partial charge on any atom is 0.337 e. The van der Waals surface area contributed by atoms with Crippen molar-refractivity contribution >= 4 is 29.3 Å². The van der Waals surface area contributed by atoms with Crippen LogP contribution in [0.4, 0.5) is 5.69 Å². The summed E-state index contributed by atoms with van der Waals surface area (Å²) in [5.74, 6) is -0.942. The summed E-state index contributed by atoms with van der Waals surface area (Å²) in [6, 6.07) is 9.08. The number of β-amino-alcohol motifs (C(OH)–C–C–N with tert-alkyl or cyclic N) is 1. The number of esters is 1. The normalized spacial score (nSPS) is 13.9. The lowest BCUT2D eigenvalue weighted by Gasteiger charge is -2.15. The summed E-state index contributed by atoms with van der Waals surface area (Å²) in [4.78, 5) is 35.3. The molecule has 1 aliphatic rings. The van der Waals surface area contributed by atoms with Crippen LogP contribution in [0.5, 0.6) is 0 Å². The third-order valence-corrected chi connectivity index (χ3v) is 4.81. The van der Waals surface area contributed by atoms with E-state index in [9.17, 15) is 9.59 Å². The van der Waals surface area contributed by atoms with Crippen molar-refractivity contribution in [2.75, 3.05) is 32.1 Å². The van der Waals surface area contributed by atoms with Crippen LogP contribution in [0.15, 0.2) is 64.0 Å². The molecule has 3 rings (SSSR count). The van der Waals surface area contributed by atoms with Crippen LogP contribution in [0.3, 0.4) is 0 Å². The van der Waals surface area contributed by atoms with Crippen molar-refractivity contribution in [2.45, 2.75) is 10.1 Å². The predicted octanol–water partition coefficient (Wildman–Crippen LogP) is 1.30. The molecule has 0 bridgehead atoms. The summed E-state index contributed by atoms with van der Waals surface area (Å²) >= 11 is 1.34. The first kappa shape index (κ1) is 18.9. The zero-order chi connectivity index (χ0) is 19.2. The highest BCUT2D eigenvalue weighted by Gasteiger charge is 2.34. The minimum atomic E-state index is -0.581. The van der Waals surface area contributed by atoms with Gasteiger partial charge < -0.3 is 20.1 Å². The van der Waals surface area contributed by atoms with E-state index in [1.54, 1.807) is 24.5 Å². The molecule has 1 aliphatic heterocycles. The third kappa shape index (κ3) is 4.26. The molecule has 0 saturated heterocycles. The van der Waals surface area contributed by atoms with Crippen LogP contribution < -0.4 is 5.32 Å². The summed E-state index contributed by atoms with van der Waals surface area (Å²) in [5.41, 5.74) is 1.02. The van der Waals surface area contributed by atoms with E-state index in [0.717, 1.165) is 4.90 Å². The lowest BCUT2D eigenvalue weighted by Crippen LogP contribution is -2.31. The first-order valence-electron chi connectivity index (χ1n) is 8.16. The summed E-state index contributed by atoms with van der Waals surface area (Å²) < 4.78 is 4.80. The number of para-hydroxylation sites is 1. The first-order chi connectivity index (χ1) is 13.1. The molecule has 0 atom stereocenters. The number of carbonyl (C=O) groups excluding carboxylic acids is 2. The van der Waals surface area contributed by atoms with Crippen LogP contribution in [-0.2, 0) is 14.3 Å². The molecular formula is C18H18N4O4S. The molecular weight excluding hydrogens is 368 g/mol. The van der Waals surface area contributed by atoms with Gasteiger partial charge >= 0.3 is 5.97 Å². The van der Waals surface area contributed by atoms with E-state index in [2.05, 4.69) is 15.3 Å². The van der Waals surface area contributed by atoms with Gasteiger partial charge in [0.2, 0.25) is 0 Å². The number of nitrogens with zero attached hydrogens (tertiary/aromatic N) is 3. The molecule has 1 aromatic heterocycles. The minimum Gasteiger partial charge on any atom is -0.466 e. The zero-order valence-corrected chi connectivity index (χ0v) is 15.4. The summed E-state index contributed by atoms with van der Waals surface area (Å²) in [6.07, 6.45) is 3.30. The van der Waals surface area contributed by atoms with Gasteiger partial charge in [-0.05, 0) is 30.0 Å². The molecule has 0 saturated carbocycles. The minimum absolute atomic E-state index is 0.0888. The van der Waals surface area contributed by atoms with Crippen molar-refractivity contribution in [3.05, 3.63) is 54.0 Å². The SMILES string of the molecule is COC(=O)C1=C(Nc2ccccc2Sc2ncccn2)C(=O)N(CCO)C1. The number of aliphatic hydroxyl groups is 1. The van der Waals surface area contributed by atoms with Crippen LogP contribution in [0.2, 0.25) is 0 Å². The van der Waals surface area contributed by atoms with Gasteiger partial charge in [0.1, 0.15) is 5.70 Å². The summed E-state index contributed by atoms with van der Waals surface area (Å²) in [6.45, 7) is 0.0372. The standard InChI is InChI=1S/C18H18N4O4S/c1-26-17(25)12-11-22(9-10-23)16(24)15(12)21-13-5-2-3-6-14(13)27-18-19-7-4-8-20-18/h2-8,21,23H,9-11H2,1H3. The number of carbonyl (C=O) groups is 2. The number of amides is 1. The number of aliphatic hydroxyl groups excluding tert-OH is 1. The van der Waals surface area contributed by atoms with E-state index in [1.807, 2.05) is 18.2 Å². The summed E-state index contributed by atoms with van der Waals surface area (Å²) in [5, 5.41) is 12.8. The van der Waals surface area contributed by atoms with Crippen LogP contribution in [-0.4, -0.2) is 58.7 Å². The van der Waals surface area contributed by atoms with Gasteiger partial charge in [0.25, 0.3) is 5.91 Å². The highest BCUT2D eigenvalue weighted by molar-refractivity contribution is 7.99. The fraction of sp³-hybridized carbons (Fsp3) is 0.222. The van der Waals surface area contributed by atoms with Crippen molar-refractivity contribution in [1.82, 2.24) is 14.9 Å². The fourth-order valence-corrected chi connectivity index (χ4v) is 3.38. The number of aromatic nitrogens is 2. The Hall–Kier alpha value is -2.91. The van der Waals surface area contributed by atoms with E-state index in [1.165, 1.54) is 23.8 Å². The second kappa shape index (κ2) is 8.65. The van der Waals surface area contributed by atoms with Gasteiger partial charge in [-0.3, -0.25) is 4.79 Å².